The Labute approximate surface area is 57.2 Å². The molecule has 0 saturated carbocycles. The van der Waals surface area contributed by atoms with Gasteiger partial charge in [-0.1, -0.05) is 22.5 Å². The van der Waals surface area contributed by atoms with E-state index in [9.17, 15) is 0 Å². The van der Waals surface area contributed by atoms with Gasteiger partial charge in [-0.05, 0) is 0 Å². The van der Waals surface area contributed by atoms with Crippen molar-refractivity contribution in [1.29, 1.82) is 0 Å². The summed E-state index contributed by atoms with van der Waals surface area (Å²) in [6, 6.07) is 0. The molecule has 4 nitrogen and oxygen atoms in total. The van der Waals surface area contributed by atoms with Crippen molar-refractivity contribution >= 4 is 17.7 Å². The van der Waals surface area contributed by atoms with E-state index in [0.29, 0.717) is 6.54 Å². The lowest BCUT2D eigenvalue weighted by molar-refractivity contribution is 0.303. The van der Waals surface area contributed by atoms with Gasteiger partial charge < -0.3 is 5.32 Å². The third-order valence-corrected chi connectivity index (χ3v) is 0.940. The van der Waals surface area contributed by atoms with E-state index in [1.165, 1.54) is 11.7 Å². The molecule has 0 saturated heterocycles. The Balaban J connectivity index is 2.38. The van der Waals surface area contributed by atoms with Crippen LogP contribution in [0.25, 0.3) is 0 Å². The first kappa shape index (κ1) is 6.15. The molecule has 5 heteroatoms. The van der Waals surface area contributed by atoms with Gasteiger partial charge in [0.05, 0.1) is 18.2 Å². The number of rotatable bonds is 3. The van der Waals surface area contributed by atoms with E-state index in [0.717, 1.165) is 5.69 Å². The summed E-state index contributed by atoms with van der Waals surface area (Å²) in [4.78, 5) is 0. The van der Waals surface area contributed by atoms with Crippen LogP contribution in [-0.2, 0) is 6.54 Å². The van der Waals surface area contributed by atoms with Gasteiger partial charge in [0.25, 0.3) is 0 Å². The molecule has 0 aliphatic carbocycles. The molecule has 9 heavy (non-hydrogen) atoms. The molecule has 1 rings (SSSR count). The summed E-state index contributed by atoms with van der Waals surface area (Å²) in [5.74, 6) is 0. The van der Waals surface area contributed by atoms with E-state index in [1.807, 2.05) is 0 Å². The Morgan fingerprint density at radius 1 is 1.89 bits per heavy atom. The van der Waals surface area contributed by atoms with Gasteiger partial charge in [0, 0.05) is 0 Å². The summed E-state index contributed by atoms with van der Waals surface area (Å²) in [5, 5.41) is 9.72. The fourth-order valence-corrected chi connectivity index (χ4v) is 0.491. The predicted octanol–water partition coefficient (Wildman–Crippen LogP) is 0.116. The maximum atomic E-state index is 4.51. The summed E-state index contributed by atoms with van der Waals surface area (Å²) < 4.78 is 4.32. The summed E-state index contributed by atoms with van der Waals surface area (Å²) >= 11 is 4.51. The zero-order chi connectivity index (χ0) is 6.53. The fraction of sp³-hybridized carbons (Fsp3) is 0.250. The predicted molar refractivity (Wildman–Crippen MR) is 34.8 cm³/mol. The Kier molecular flexibility index (Phi) is 2.14. The van der Waals surface area contributed by atoms with Crippen molar-refractivity contribution in [2.24, 2.45) is 0 Å². The quantitative estimate of drug-likeness (QED) is 0.609. The first-order chi connectivity index (χ1) is 4.43. The second-order valence-corrected chi connectivity index (χ2v) is 1.63. The van der Waals surface area contributed by atoms with Crippen molar-refractivity contribution in [1.82, 2.24) is 15.6 Å². The van der Waals surface area contributed by atoms with Crippen LogP contribution in [0.4, 0.5) is 0 Å². The smallest absolute Gasteiger partial charge is 0.124 e. The average Bonchev–Trinajstić information content (AvgIpc) is 2.34. The van der Waals surface area contributed by atoms with Gasteiger partial charge in [0.15, 0.2) is 0 Å². The number of hydrogen-bond donors (Lipinski definition) is 1. The molecule has 0 bridgehead atoms. The molecule has 0 aliphatic heterocycles. The molecule has 1 N–H and O–H groups in total. The lowest BCUT2D eigenvalue weighted by atomic mass is 10.5. The van der Waals surface area contributed by atoms with Gasteiger partial charge in [-0.3, -0.25) is 0 Å². The molecule has 0 fully saturated rings. The van der Waals surface area contributed by atoms with Gasteiger partial charge in [0.2, 0.25) is 0 Å². The zero-order valence-electron chi connectivity index (χ0n) is 4.57. The number of thiocarbonyl (C=S) groups is 1. The van der Waals surface area contributed by atoms with Crippen LogP contribution >= 0.6 is 12.2 Å². The molecular weight excluding hydrogens is 138 g/mol. The van der Waals surface area contributed by atoms with Crippen molar-refractivity contribution in [2.75, 3.05) is 0 Å². The molecular formula is C4H5N3OS. The number of nitrogens with one attached hydrogen (secondary N) is 1. The topological polar surface area (TPSA) is 51.0 Å². The Morgan fingerprint density at radius 3 is 3.33 bits per heavy atom. The highest BCUT2D eigenvalue weighted by atomic mass is 32.1. The first-order valence-corrected chi connectivity index (χ1v) is 2.84. The Morgan fingerprint density at radius 2 is 2.78 bits per heavy atom. The summed E-state index contributed by atoms with van der Waals surface area (Å²) in [6.07, 6.45) is 1.53. The normalized spacial score (nSPS) is 8.89. The standard InChI is InChI=1S/C4H5N3OS/c9-3-5-1-4-2-6-8-7-4/h2-3H,1H2,(H,5,9). The molecule has 0 aromatic carbocycles. The van der Waals surface area contributed by atoms with Crippen molar-refractivity contribution in [3.63, 3.8) is 0 Å². The van der Waals surface area contributed by atoms with Crippen molar-refractivity contribution in [3.8, 4) is 0 Å². The van der Waals surface area contributed by atoms with Crippen LogP contribution in [0.3, 0.4) is 0 Å². The van der Waals surface area contributed by atoms with E-state index >= 15 is 0 Å². The highest BCUT2D eigenvalue weighted by Gasteiger charge is 1.92. The minimum atomic E-state index is 0.576. The van der Waals surface area contributed by atoms with E-state index in [2.05, 4.69) is 32.5 Å². The van der Waals surface area contributed by atoms with Gasteiger partial charge in [0.1, 0.15) is 5.69 Å². The van der Waals surface area contributed by atoms with Crippen LogP contribution in [0.15, 0.2) is 10.8 Å². The van der Waals surface area contributed by atoms with Crippen LogP contribution < -0.4 is 5.32 Å². The van der Waals surface area contributed by atoms with Gasteiger partial charge in [-0.25, -0.2) is 4.63 Å². The third kappa shape index (κ3) is 1.77. The Hall–Kier alpha value is -0.970. The minimum Gasteiger partial charge on any atom is -0.376 e. The summed E-state index contributed by atoms with van der Waals surface area (Å²) in [5.41, 5.74) is 2.17. The van der Waals surface area contributed by atoms with Crippen LogP contribution in [0, 0.1) is 0 Å². The molecule has 0 spiro atoms. The van der Waals surface area contributed by atoms with Crippen molar-refractivity contribution < 1.29 is 4.63 Å². The van der Waals surface area contributed by atoms with Gasteiger partial charge >= 0.3 is 0 Å². The Bertz CT molecular complexity index is 174. The lowest BCUT2D eigenvalue weighted by Crippen LogP contribution is -2.08. The first-order valence-electron chi connectivity index (χ1n) is 2.37. The van der Waals surface area contributed by atoms with Crippen LogP contribution in [-0.4, -0.2) is 15.8 Å². The van der Waals surface area contributed by atoms with Crippen LogP contribution in [0.5, 0.6) is 0 Å². The van der Waals surface area contributed by atoms with E-state index in [1.54, 1.807) is 0 Å². The highest BCUT2D eigenvalue weighted by Crippen LogP contribution is 1.86. The number of hydrogen-bond acceptors (Lipinski definition) is 4. The molecule has 0 radical (unpaired) electrons. The van der Waals surface area contributed by atoms with Gasteiger partial charge in [-0.15, -0.1) is 0 Å². The second-order valence-electron chi connectivity index (χ2n) is 1.40. The van der Waals surface area contributed by atoms with Crippen LogP contribution in [0.2, 0.25) is 0 Å². The average molecular weight is 143 g/mol. The third-order valence-electron chi connectivity index (χ3n) is 0.773. The molecule has 1 aromatic rings. The molecule has 0 amide bonds. The summed E-state index contributed by atoms with van der Waals surface area (Å²) in [7, 11) is 0. The van der Waals surface area contributed by atoms with Gasteiger partial charge in [-0.2, -0.15) is 0 Å². The number of nitrogens with zero attached hydrogens (tertiary/aromatic N) is 2. The lowest BCUT2D eigenvalue weighted by Gasteiger charge is -1.88. The molecule has 0 unspecified atom stereocenters. The maximum Gasteiger partial charge on any atom is 0.124 e. The molecule has 0 atom stereocenters. The van der Waals surface area contributed by atoms with E-state index in [4.69, 9.17) is 0 Å². The molecule has 0 aliphatic rings. The number of aromatic nitrogens is 2. The van der Waals surface area contributed by atoms with Crippen molar-refractivity contribution in [3.05, 3.63) is 11.9 Å². The monoisotopic (exact) mass is 143 g/mol. The molecule has 1 heterocycles. The fourth-order valence-electron chi connectivity index (χ4n) is 0.408. The van der Waals surface area contributed by atoms with Crippen molar-refractivity contribution in [2.45, 2.75) is 6.54 Å². The largest absolute Gasteiger partial charge is 0.376 e. The summed E-state index contributed by atoms with van der Waals surface area (Å²) in [6.45, 7) is 0.576. The van der Waals surface area contributed by atoms with E-state index < -0.39 is 0 Å². The molecule has 1 aromatic heterocycles. The molecule has 48 valence electrons. The zero-order valence-corrected chi connectivity index (χ0v) is 5.39. The second kappa shape index (κ2) is 3.13. The SMILES string of the molecule is S=CNCc1cnon1. The minimum absolute atomic E-state index is 0.576. The van der Waals surface area contributed by atoms with Crippen LogP contribution in [0.1, 0.15) is 5.69 Å². The highest BCUT2D eigenvalue weighted by molar-refractivity contribution is 7.78. The maximum absolute atomic E-state index is 4.51. The van der Waals surface area contributed by atoms with E-state index in [-0.39, 0.29) is 0 Å².